The monoisotopic (exact) mass is 292 g/mol. The Kier molecular flexibility index (Phi) is 4.98. The fraction of sp³-hybridized carbons (Fsp3) is 0.364. The standard InChI is InChI=1S/C11H13ClO5S/c1-2-18(15,16)6-5-17-8-3-4-10(12)9(7-8)11(13)14/h3-4,7H,2,5-6H2,1H3,(H,13,14). The highest BCUT2D eigenvalue weighted by Crippen LogP contribution is 2.22. The molecule has 0 saturated carbocycles. The summed E-state index contributed by atoms with van der Waals surface area (Å²) in [5.41, 5.74) is -0.0764. The quantitative estimate of drug-likeness (QED) is 0.865. The molecule has 0 spiro atoms. The lowest BCUT2D eigenvalue weighted by atomic mass is 10.2. The number of hydrogen-bond donors (Lipinski definition) is 1. The second kappa shape index (κ2) is 6.06. The van der Waals surface area contributed by atoms with Crippen LogP contribution in [0.15, 0.2) is 18.2 Å². The molecule has 18 heavy (non-hydrogen) atoms. The van der Waals surface area contributed by atoms with Gasteiger partial charge in [0.2, 0.25) is 0 Å². The minimum atomic E-state index is -3.09. The minimum absolute atomic E-state index is 0.0170. The normalized spacial score (nSPS) is 11.2. The maximum absolute atomic E-state index is 11.2. The molecule has 1 rings (SSSR count). The topological polar surface area (TPSA) is 80.7 Å². The van der Waals surface area contributed by atoms with Gasteiger partial charge in [-0.2, -0.15) is 0 Å². The average molecular weight is 293 g/mol. The number of benzene rings is 1. The number of carbonyl (C=O) groups is 1. The van der Waals surface area contributed by atoms with E-state index >= 15 is 0 Å². The van der Waals surface area contributed by atoms with Crippen molar-refractivity contribution in [3.63, 3.8) is 0 Å². The van der Waals surface area contributed by atoms with Crippen molar-refractivity contribution in [2.24, 2.45) is 0 Å². The first kappa shape index (κ1) is 14.8. The van der Waals surface area contributed by atoms with Crippen LogP contribution in [0.3, 0.4) is 0 Å². The van der Waals surface area contributed by atoms with E-state index in [0.717, 1.165) is 0 Å². The zero-order chi connectivity index (χ0) is 13.8. The molecule has 100 valence electrons. The Morgan fingerprint density at radius 3 is 2.67 bits per heavy atom. The summed E-state index contributed by atoms with van der Waals surface area (Å²) in [6.07, 6.45) is 0. The fourth-order valence-corrected chi connectivity index (χ4v) is 2.01. The smallest absolute Gasteiger partial charge is 0.337 e. The van der Waals surface area contributed by atoms with E-state index in [9.17, 15) is 13.2 Å². The summed E-state index contributed by atoms with van der Waals surface area (Å²) in [7, 11) is -3.09. The third-order valence-electron chi connectivity index (χ3n) is 2.27. The molecule has 0 bridgehead atoms. The van der Waals surface area contributed by atoms with Gasteiger partial charge >= 0.3 is 5.97 Å². The van der Waals surface area contributed by atoms with Crippen LogP contribution in [0, 0.1) is 0 Å². The summed E-state index contributed by atoms with van der Waals surface area (Å²) >= 11 is 5.69. The van der Waals surface area contributed by atoms with Crippen LogP contribution in [0.25, 0.3) is 0 Å². The number of ether oxygens (including phenoxy) is 1. The highest BCUT2D eigenvalue weighted by molar-refractivity contribution is 7.91. The first-order valence-electron chi connectivity index (χ1n) is 5.22. The molecule has 0 saturated heterocycles. The summed E-state index contributed by atoms with van der Waals surface area (Å²) < 4.78 is 27.6. The zero-order valence-electron chi connectivity index (χ0n) is 9.72. The molecule has 1 N–H and O–H groups in total. The molecule has 7 heteroatoms. The Balaban J connectivity index is 2.69. The second-order valence-corrected chi connectivity index (χ2v) is 6.41. The van der Waals surface area contributed by atoms with Crippen LogP contribution in [0.4, 0.5) is 0 Å². The van der Waals surface area contributed by atoms with Gasteiger partial charge in [0.15, 0.2) is 9.84 Å². The fourth-order valence-electron chi connectivity index (χ4n) is 1.19. The third kappa shape index (κ3) is 4.19. The van der Waals surface area contributed by atoms with Crippen LogP contribution in [-0.2, 0) is 9.84 Å². The summed E-state index contributed by atoms with van der Waals surface area (Å²) in [5, 5.41) is 8.95. The summed E-state index contributed by atoms with van der Waals surface area (Å²) in [4.78, 5) is 10.8. The van der Waals surface area contributed by atoms with Gasteiger partial charge in [0, 0.05) is 5.75 Å². The molecule has 5 nitrogen and oxygen atoms in total. The van der Waals surface area contributed by atoms with E-state index in [4.69, 9.17) is 21.4 Å². The number of halogens is 1. The van der Waals surface area contributed by atoms with E-state index in [2.05, 4.69) is 0 Å². The summed E-state index contributed by atoms with van der Waals surface area (Å²) in [6.45, 7) is 1.54. The number of sulfone groups is 1. The van der Waals surface area contributed by atoms with Crippen molar-refractivity contribution in [2.45, 2.75) is 6.92 Å². The molecule has 0 radical (unpaired) electrons. The highest BCUT2D eigenvalue weighted by Gasteiger charge is 2.11. The summed E-state index contributed by atoms with van der Waals surface area (Å²) in [6, 6.07) is 4.16. The lowest BCUT2D eigenvalue weighted by Crippen LogP contribution is -2.15. The van der Waals surface area contributed by atoms with Crippen LogP contribution < -0.4 is 4.74 Å². The van der Waals surface area contributed by atoms with E-state index in [-0.39, 0.29) is 34.4 Å². The molecule has 0 aliphatic heterocycles. The molecule has 0 aromatic heterocycles. The van der Waals surface area contributed by atoms with Gasteiger partial charge in [-0.3, -0.25) is 0 Å². The average Bonchev–Trinajstić information content (AvgIpc) is 2.31. The van der Waals surface area contributed by atoms with E-state index in [1.807, 2.05) is 0 Å². The van der Waals surface area contributed by atoms with Crippen molar-refractivity contribution >= 4 is 27.4 Å². The maximum atomic E-state index is 11.2. The first-order chi connectivity index (χ1) is 8.35. The highest BCUT2D eigenvalue weighted by atomic mass is 35.5. The van der Waals surface area contributed by atoms with Gasteiger partial charge in [-0.1, -0.05) is 18.5 Å². The van der Waals surface area contributed by atoms with Gasteiger partial charge in [-0.25, -0.2) is 13.2 Å². The molecule has 0 atom stereocenters. The van der Waals surface area contributed by atoms with Gasteiger partial charge in [-0.15, -0.1) is 0 Å². The molecule has 0 heterocycles. The maximum Gasteiger partial charge on any atom is 0.337 e. The number of carboxylic acids is 1. The second-order valence-electron chi connectivity index (χ2n) is 3.53. The van der Waals surface area contributed by atoms with Crippen LogP contribution in [0.2, 0.25) is 5.02 Å². The predicted octanol–water partition coefficient (Wildman–Crippen LogP) is 1.85. The van der Waals surface area contributed by atoms with Crippen molar-refractivity contribution in [3.8, 4) is 5.75 Å². The van der Waals surface area contributed by atoms with E-state index in [1.165, 1.54) is 18.2 Å². The van der Waals surface area contributed by atoms with Gasteiger partial charge in [0.05, 0.1) is 16.3 Å². The molecular weight excluding hydrogens is 280 g/mol. The summed E-state index contributed by atoms with van der Waals surface area (Å²) in [5.74, 6) is -0.930. The van der Waals surface area contributed by atoms with Crippen molar-refractivity contribution in [1.82, 2.24) is 0 Å². The van der Waals surface area contributed by atoms with Crippen LogP contribution >= 0.6 is 11.6 Å². The molecule has 0 aliphatic carbocycles. The Morgan fingerprint density at radius 2 is 2.11 bits per heavy atom. The number of rotatable bonds is 6. The van der Waals surface area contributed by atoms with Crippen molar-refractivity contribution in [1.29, 1.82) is 0 Å². The number of hydrogen-bond acceptors (Lipinski definition) is 4. The molecule has 0 aliphatic rings. The first-order valence-corrected chi connectivity index (χ1v) is 7.41. The van der Waals surface area contributed by atoms with Gasteiger partial charge < -0.3 is 9.84 Å². The Bertz CT molecular complexity index is 538. The SMILES string of the molecule is CCS(=O)(=O)CCOc1ccc(Cl)c(C(=O)O)c1. The molecular formula is C11H13ClO5S. The molecule has 0 fully saturated rings. The van der Waals surface area contributed by atoms with Crippen molar-refractivity contribution in [2.75, 3.05) is 18.1 Å². The van der Waals surface area contributed by atoms with Crippen molar-refractivity contribution < 1.29 is 23.1 Å². The van der Waals surface area contributed by atoms with E-state index < -0.39 is 15.8 Å². The lowest BCUT2D eigenvalue weighted by molar-refractivity contribution is 0.0696. The van der Waals surface area contributed by atoms with E-state index in [1.54, 1.807) is 6.92 Å². The number of aromatic carboxylic acids is 1. The molecule has 0 amide bonds. The van der Waals surface area contributed by atoms with Gasteiger partial charge in [-0.05, 0) is 18.2 Å². The number of carboxylic acid groups (broad SMARTS) is 1. The van der Waals surface area contributed by atoms with Gasteiger partial charge in [0.1, 0.15) is 12.4 Å². The van der Waals surface area contributed by atoms with Crippen LogP contribution in [0.5, 0.6) is 5.75 Å². The lowest BCUT2D eigenvalue weighted by Gasteiger charge is -2.07. The van der Waals surface area contributed by atoms with Crippen LogP contribution in [-0.4, -0.2) is 37.6 Å². The zero-order valence-corrected chi connectivity index (χ0v) is 11.3. The Morgan fingerprint density at radius 1 is 1.44 bits per heavy atom. The van der Waals surface area contributed by atoms with Crippen LogP contribution in [0.1, 0.15) is 17.3 Å². The largest absolute Gasteiger partial charge is 0.493 e. The molecule has 0 unspecified atom stereocenters. The molecule has 1 aromatic rings. The predicted molar refractivity (Wildman–Crippen MR) is 68.2 cm³/mol. The minimum Gasteiger partial charge on any atom is -0.493 e. The van der Waals surface area contributed by atoms with E-state index in [0.29, 0.717) is 0 Å². The van der Waals surface area contributed by atoms with Crippen molar-refractivity contribution in [3.05, 3.63) is 28.8 Å². The van der Waals surface area contributed by atoms with Gasteiger partial charge in [0.25, 0.3) is 0 Å². The Labute approximate surface area is 110 Å². The Hall–Kier alpha value is -1.27. The molecule has 1 aromatic carbocycles. The third-order valence-corrected chi connectivity index (χ3v) is 4.27.